The van der Waals surface area contributed by atoms with Crippen molar-refractivity contribution in [3.8, 4) is 0 Å². The van der Waals surface area contributed by atoms with Gasteiger partial charge in [0.1, 0.15) is 0 Å². The van der Waals surface area contributed by atoms with Crippen molar-refractivity contribution in [1.82, 2.24) is 4.31 Å². The summed E-state index contributed by atoms with van der Waals surface area (Å²) in [5.74, 6) is 0. The zero-order valence-electron chi connectivity index (χ0n) is 13.1. The summed E-state index contributed by atoms with van der Waals surface area (Å²) in [4.78, 5) is 0.393. The molecular formula is C15H26N2O2S. The third-order valence-electron chi connectivity index (χ3n) is 3.42. The lowest BCUT2D eigenvalue weighted by molar-refractivity contribution is 0.463. The number of aryl methyl sites for hydroxylation is 1. The fourth-order valence-electron chi connectivity index (χ4n) is 1.95. The van der Waals surface area contributed by atoms with Crippen molar-refractivity contribution in [3.05, 3.63) is 29.3 Å². The number of nitrogens with zero attached hydrogens (tertiary/aromatic N) is 1. The van der Waals surface area contributed by atoms with Crippen molar-refractivity contribution in [1.29, 1.82) is 0 Å². The predicted molar refractivity (Wildman–Crippen MR) is 83.4 cm³/mol. The Morgan fingerprint density at radius 3 is 2.35 bits per heavy atom. The Bertz CT molecular complexity index is 560. The normalized spacial score (nSPS) is 12.9. The molecule has 0 aromatic heterocycles. The van der Waals surface area contributed by atoms with Crippen molar-refractivity contribution >= 4 is 10.0 Å². The van der Waals surface area contributed by atoms with Gasteiger partial charge < -0.3 is 5.73 Å². The molecule has 1 aromatic carbocycles. The number of hydrogen-bond acceptors (Lipinski definition) is 3. The first-order valence-electron chi connectivity index (χ1n) is 6.88. The van der Waals surface area contributed by atoms with Crippen molar-refractivity contribution in [2.24, 2.45) is 5.73 Å². The first kappa shape index (κ1) is 17.1. The van der Waals surface area contributed by atoms with E-state index in [0.29, 0.717) is 24.4 Å². The molecule has 114 valence electrons. The average Bonchev–Trinajstić information content (AvgIpc) is 2.34. The smallest absolute Gasteiger partial charge is 0.243 e. The molecule has 0 spiro atoms. The summed E-state index contributed by atoms with van der Waals surface area (Å²) < 4.78 is 26.6. The Labute approximate surface area is 123 Å². The van der Waals surface area contributed by atoms with E-state index in [1.54, 1.807) is 13.1 Å². The molecule has 0 fully saturated rings. The minimum Gasteiger partial charge on any atom is -0.330 e. The van der Waals surface area contributed by atoms with Crippen molar-refractivity contribution < 1.29 is 8.42 Å². The average molecular weight is 298 g/mol. The molecule has 0 aliphatic rings. The minimum atomic E-state index is -3.45. The molecule has 1 rings (SSSR count). The molecular weight excluding hydrogens is 272 g/mol. The zero-order chi connectivity index (χ0) is 15.6. The summed E-state index contributed by atoms with van der Waals surface area (Å²) >= 11 is 0. The van der Waals surface area contributed by atoms with E-state index >= 15 is 0 Å². The third-order valence-corrected chi connectivity index (χ3v) is 5.42. The fourth-order valence-corrected chi connectivity index (χ4v) is 3.40. The number of nitrogens with two attached hydrogens (primary N) is 1. The SMILES string of the molecule is Cc1ccc(C(C)(C)C)cc1S(=O)(=O)N(C)CCCN. The van der Waals surface area contributed by atoms with E-state index in [-0.39, 0.29) is 5.41 Å². The Morgan fingerprint density at radius 2 is 1.85 bits per heavy atom. The lowest BCUT2D eigenvalue weighted by Gasteiger charge is -2.23. The fraction of sp³-hybridized carbons (Fsp3) is 0.600. The lowest BCUT2D eigenvalue weighted by Crippen LogP contribution is -2.30. The van der Waals surface area contributed by atoms with Gasteiger partial charge in [-0.3, -0.25) is 0 Å². The van der Waals surface area contributed by atoms with E-state index in [1.807, 2.05) is 19.1 Å². The Balaban J connectivity index is 3.24. The number of rotatable bonds is 5. The van der Waals surface area contributed by atoms with E-state index in [1.165, 1.54) is 4.31 Å². The highest BCUT2D eigenvalue weighted by atomic mass is 32.2. The molecule has 0 unspecified atom stereocenters. The molecule has 0 atom stereocenters. The first-order chi connectivity index (χ1) is 9.10. The third kappa shape index (κ3) is 3.81. The van der Waals surface area contributed by atoms with Crippen LogP contribution in [0.5, 0.6) is 0 Å². The molecule has 0 saturated carbocycles. The van der Waals surface area contributed by atoms with Crippen LogP contribution in [0.25, 0.3) is 0 Å². The van der Waals surface area contributed by atoms with Crippen LogP contribution >= 0.6 is 0 Å². The molecule has 0 amide bonds. The maximum atomic E-state index is 12.6. The van der Waals surface area contributed by atoms with Crippen LogP contribution in [-0.2, 0) is 15.4 Å². The highest BCUT2D eigenvalue weighted by molar-refractivity contribution is 7.89. The topological polar surface area (TPSA) is 63.4 Å². The summed E-state index contributed by atoms with van der Waals surface area (Å²) in [6, 6.07) is 5.67. The van der Waals surface area contributed by atoms with Gasteiger partial charge in [0.05, 0.1) is 4.90 Å². The Morgan fingerprint density at radius 1 is 1.25 bits per heavy atom. The predicted octanol–water partition coefficient (Wildman–Crippen LogP) is 2.26. The maximum Gasteiger partial charge on any atom is 0.243 e. The van der Waals surface area contributed by atoms with Gasteiger partial charge >= 0.3 is 0 Å². The quantitative estimate of drug-likeness (QED) is 0.907. The Kier molecular flexibility index (Phi) is 5.35. The van der Waals surface area contributed by atoms with Crippen LogP contribution in [-0.4, -0.2) is 32.9 Å². The zero-order valence-corrected chi connectivity index (χ0v) is 13.9. The van der Waals surface area contributed by atoms with Crippen LogP contribution in [0.15, 0.2) is 23.1 Å². The summed E-state index contributed by atoms with van der Waals surface area (Å²) in [6.45, 7) is 8.99. The molecule has 0 aliphatic heterocycles. The molecule has 1 aromatic rings. The van der Waals surface area contributed by atoms with Crippen LogP contribution in [0.3, 0.4) is 0 Å². The number of sulfonamides is 1. The lowest BCUT2D eigenvalue weighted by atomic mass is 9.87. The van der Waals surface area contributed by atoms with E-state index in [9.17, 15) is 8.42 Å². The van der Waals surface area contributed by atoms with Crippen molar-refractivity contribution in [2.75, 3.05) is 20.1 Å². The van der Waals surface area contributed by atoms with Gasteiger partial charge in [0.25, 0.3) is 0 Å². The van der Waals surface area contributed by atoms with Gasteiger partial charge in [0.2, 0.25) is 10.0 Å². The van der Waals surface area contributed by atoms with Crippen LogP contribution in [0.1, 0.15) is 38.3 Å². The van der Waals surface area contributed by atoms with Crippen LogP contribution in [0, 0.1) is 6.92 Å². The van der Waals surface area contributed by atoms with Crippen LogP contribution in [0.2, 0.25) is 0 Å². The highest BCUT2D eigenvalue weighted by Gasteiger charge is 2.24. The van der Waals surface area contributed by atoms with Crippen molar-refractivity contribution in [3.63, 3.8) is 0 Å². The van der Waals surface area contributed by atoms with Gasteiger partial charge in [-0.15, -0.1) is 0 Å². The highest BCUT2D eigenvalue weighted by Crippen LogP contribution is 2.27. The molecule has 0 radical (unpaired) electrons. The van der Waals surface area contributed by atoms with Crippen molar-refractivity contribution in [2.45, 2.75) is 44.4 Å². The molecule has 5 heteroatoms. The molecule has 2 N–H and O–H groups in total. The van der Waals surface area contributed by atoms with Crippen LogP contribution < -0.4 is 5.73 Å². The van der Waals surface area contributed by atoms with E-state index in [2.05, 4.69) is 20.8 Å². The second-order valence-electron chi connectivity index (χ2n) is 6.20. The van der Waals surface area contributed by atoms with Gasteiger partial charge in [0, 0.05) is 13.6 Å². The minimum absolute atomic E-state index is 0.0756. The summed E-state index contributed by atoms with van der Waals surface area (Å²) in [5, 5.41) is 0. The summed E-state index contributed by atoms with van der Waals surface area (Å²) in [6.07, 6.45) is 0.660. The van der Waals surface area contributed by atoms with Gasteiger partial charge in [-0.25, -0.2) is 12.7 Å². The number of hydrogen-bond donors (Lipinski definition) is 1. The second-order valence-corrected chi connectivity index (χ2v) is 8.21. The molecule has 20 heavy (non-hydrogen) atoms. The standard InChI is InChI=1S/C15H26N2O2S/c1-12-7-8-13(15(2,3)4)11-14(12)20(18,19)17(5)10-6-9-16/h7-8,11H,6,9-10,16H2,1-5H3. The molecule has 0 saturated heterocycles. The second kappa shape index (κ2) is 6.24. The van der Waals surface area contributed by atoms with Gasteiger partial charge in [-0.1, -0.05) is 32.9 Å². The maximum absolute atomic E-state index is 12.6. The van der Waals surface area contributed by atoms with E-state index < -0.39 is 10.0 Å². The van der Waals surface area contributed by atoms with Gasteiger partial charge in [-0.05, 0) is 42.5 Å². The molecule has 0 heterocycles. The first-order valence-corrected chi connectivity index (χ1v) is 8.32. The monoisotopic (exact) mass is 298 g/mol. The molecule has 0 aliphatic carbocycles. The molecule has 4 nitrogen and oxygen atoms in total. The Hall–Kier alpha value is -0.910. The van der Waals surface area contributed by atoms with Gasteiger partial charge in [0.15, 0.2) is 0 Å². The summed E-state index contributed by atoms with van der Waals surface area (Å²) in [5.41, 5.74) is 7.17. The van der Waals surface area contributed by atoms with E-state index in [4.69, 9.17) is 5.73 Å². The number of benzene rings is 1. The largest absolute Gasteiger partial charge is 0.330 e. The molecule has 0 bridgehead atoms. The van der Waals surface area contributed by atoms with E-state index in [0.717, 1.165) is 11.1 Å². The van der Waals surface area contributed by atoms with Gasteiger partial charge in [-0.2, -0.15) is 0 Å². The summed E-state index contributed by atoms with van der Waals surface area (Å²) in [7, 11) is -1.84. The van der Waals surface area contributed by atoms with Crippen LogP contribution in [0.4, 0.5) is 0 Å².